The summed E-state index contributed by atoms with van der Waals surface area (Å²) in [4.78, 5) is 12.8. The summed E-state index contributed by atoms with van der Waals surface area (Å²) in [6, 6.07) is 11.6. The van der Waals surface area contributed by atoms with E-state index < -0.39 is 15.9 Å². The van der Waals surface area contributed by atoms with E-state index in [-0.39, 0.29) is 33.4 Å². The number of benzene rings is 2. The fourth-order valence-electron chi connectivity index (χ4n) is 3.50. The van der Waals surface area contributed by atoms with Gasteiger partial charge in [0.05, 0.1) is 24.1 Å². The number of ether oxygens (including phenoxy) is 1. The first-order chi connectivity index (χ1) is 14.2. The van der Waals surface area contributed by atoms with Crippen LogP contribution >= 0.6 is 23.2 Å². The lowest BCUT2D eigenvalue weighted by Crippen LogP contribution is -2.45. The predicted molar refractivity (Wildman–Crippen MR) is 117 cm³/mol. The smallest absolute Gasteiger partial charge is 0.244 e. The number of rotatable bonds is 6. The maximum Gasteiger partial charge on any atom is 0.244 e. The summed E-state index contributed by atoms with van der Waals surface area (Å²) in [5, 5.41) is 3.39. The molecule has 1 N–H and O–H groups in total. The second kappa shape index (κ2) is 9.56. The molecule has 6 nitrogen and oxygen atoms in total. The van der Waals surface area contributed by atoms with Crippen molar-refractivity contribution in [2.75, 3.05) is 20.2 Å². The van der Waals surface area contributed by atoms with Crippen LogP contribution in [0.2, 0.25) is 10.0 Å². The molecule has 1 aliphatic rings. The molecule has 0 spiro atoms. The Kier molecular flexibility index (Phi) is 7.29. The van der Waals surface area contributed by atoms with E-state index in [4.69, 9.17) is 27.9 Å². The van der Waals surface area contributed by atoms with Crippen LogP contribution in [0.25, 0.3) is 0 Å². The van der Waals surface area contributed by atoms with Gasteiger partial charge in [0.1, 0.15) is 10.6 Å². The van der Waals surface area contributed by atoms with Gasteiger partial charge in [0.15, 0.2) is 0 Å². The molecule has 0 aliphatic carbocycles. The molecule has 0 aromatic heterocycles. The second-order valence-corrected chi connectivity index (χ2v) is 10.0. The van der Waals surface area contributed by atoms with E-state index >= 15 is 0 Å². The number of nitrogens with zero attached hydrogens (tertiary/aromatic N) is 1. The lowest BCUT2D eigenvalue weighted by molar-refractivity contribution is -0.126. The Balaban J connectivity index is 1.70. The van der Waals surface area contributed by atoms with Crippen LogP contribution in [0.5, 0.6) is 5.75 Å². The fourth-order valence-corrected chi connectivity index (χ4v) is 5.76. The Morgan fingerprint density at radius 1 is 1.20 bits per heavy atom. The highest BCUT2D eigenvalue weighted by Gasteiger charge is 2.34. The normalized spacial score (nSPS) is 18.6. The standard InChI is InChI=1S/C21H24Cl2N2O4S/c1-14(15-5-8-18(29-2)9-6-15)24-21(26)16-4-3-11-25(13-16)30(27,28)20-12-17(22)7-10-19(20)23/h5-10,12,14,16H,3-4,11,13H2,1-2H3,(H,24,26)/t14-,16-/m1/s1. The van der Waals surface area contributed by atoms with Crippen LogP contribution in [-0.4, -0.2) is 38.8 Å². The second-order valence-electron chi connectivity index (χ2n) is 7.28. The van der Waals surface area contributed by atoms with Crippen molar-refractivity contribution in [3.8, 4) is 5.75 Å². The number of hydrogen-bond donors (Lipinski definition) is 1. The molecular formula is C21H24Cl2N2O4S. The third-order valence-electron chi connectivity index (χ3n) is 5.24. The maximum absolute atomic E-state index is 13.1. The van der Waals surface area contributed by atoms with Gasteiger partial charge in [0, 0.05) is 18.1 Å². The van der Waals surface area contributed by atoms with E-state index in [0.717, 1.165) is 11.3 Å². The molecule has 0 saturated carbocycles. The Labute approximate surface area is 187 Å². The average molecular weight is 471 g/mol. The molecular weight excluding hydrogens is 447 g/mol. The highest BCUT2D eigenvalue weighted by Crippen LogP contribution is 2.30. The maximum atomic E-state index is 13.1. The van der Waals surface area contributed by atoms with Crippen LogP contribution < -0.4 is 10.1 Å². The third kappa shape index (κ3) is 5.09. The number of amides is 1. The van der Waals surface area contributed by atoms with E-state index in [1.54, 1.807) is 7.11 Å². The van der Waals surface area contributed by atoms with Gasteiger partial charge in [-0.1, -0.05) is 35.3 Å². The van der Waals surface area contributed by atoms with Crippen LogP contribution in [0.4, 0.5) is 0 Å². The first kappa shape index (κ1) is 22.9. The molecule has 1 fully saturated rings. The summed E-state index contributed by atoms with van der Waals surface area (Å²) >= 11 is 12.1. The number of carbonyl (C=O) groups excluding carboxylic acids is 1. The summed E-state index contributed by atoms with van der Waals surface area (Å²) in [5.74, 6) is 0.132. The number of sulfonamides is 1. The van der Waals surface area contributed by atoms with E-state index in [1.165, 1.54) is 22.5 Å². The van der Waals surface area contributed by atoms with Crippen LogP contribution in [0.3, 0.4) is 0 Å². The van der Waals surface area contributed by atoms with Crippen LogP contribution in [0.1, 0.15) is 31.4 Å². The average Bonchev–Trinajstić information content (AvgIpc) is 2.75. The highest BCUT2D eigenvalue weighted by atomic mass is 35.5. The van der Waals surface area contributed by atoms with Crippen LogP contribution in [-0.2, 0) is 14.8 Å². The fraction of sp³-hybridized carbons (Fsp3) is 0.381. The molecule has 1 saturated heterocycles. The number of carbonyl (C=O) groups is 1. The molecule has 0 radical (unpaired) electrons. The van der Waals surface area contributed by atoms with Crippen molar-refractivity contribution in [1.29, 1.82) is 0 Å². The molecule has 1 aliphatic heterocycles. The molecule has 2 aromatic rings. The van der Waals surface area contributed by atoms with Gasteiger partial charge in [0.25, 0.3) is 0 Å². The minimum atomic E-state index is -3.85. The molecule has 30 heavy (non-hydrogen) atoms. The lowest BCUT2D eigenvalue weighted by Gasteiger charge is -2.32. The van der Waals surface area contributed by atoms with E-state index in [0.29, 0.717) is 19.4 Å². The summed E-state index contributed by atoms with van der Waals surface area (Å²) in [6.07, 6.45) is 1.21. The Bertz CT molecular complexity index is 1010. The molecule has 9 heteroatoms. The number of halogens is 2. The lowest BCUT2D eigenvalue weighted by atomic mass is 9.98. The minimum Gasteiger partial charge on any atom is -0.497 e. The number of nitrogens with one attached hydrogen (secondary N) is 1. The summed E-state index contributed by atoms with van der Waals surface area (Å²) in [7, 11) is -2.25. The third-order valence-corrected chi connectivity index (χ3v) is 7.82. The SMILES string of the molecule is COc1ccc([C@@H](C)NC(=O)[C@@H]2CCCN(S(=O)(=O)c3cc(Cl)ccc3Cl)C2)cc1. The van der Waals surface area contributed by atoms with Crippen molar-refractivity contribution in [3.63, 3.8) is 0 Å². The van der Waals surface area contributed by atoms with Gasteiger partial charge < -0.3 is 10.1 Å². The van der Waals surface area contributed by atoms with Crippen molar-refractivity contribution in [2.45, 2.75) is 30.7 Å². The Hall–Kier alpha value is -1.80. The zero-order valence-corrected chi connectivity index (χ0v) is 19.1. The van der Waals surface area contributed by atoms with Crippen molar-refractivity contribution in [1.82, 2.24) is 9.62 Å². The van der Waals surface area contributed by atoms with Gasteiger partial charge in [-0.05, 0) is 55.7 Å². The zero-order valence-electron chi connectivity index (χ0n) is 16.8. The van der Waals surface area contributed by atoms with Crippen LogP contribution in [0, 0.1) is 5.92 Å². The number of methoxy groups -OCH3 is 1. The van der Waals surface area contributed by atoms with Crippen molar-refractivity contribution in [3.05, 3.63) is 58.1 Å². The summed E-state index contributed by atoms with van der Waals surface area (Å²) < 4.78 is 32.6. The number of hydrogen-bond acceptors (Lipinski definition) is 4. The Morgan fingerprint density at radius 2 is 1.90 bits per heavy atom. The zero-order chi connectivity index (χ0) is 21.9. The quantitative estimate of drug-likeness (QED) is 0.683. The first-order valence-corrected chi connectivity index (χ1v) is 11.8. The van der Waals surface area contributed by atoms with Gasteiger partial charge in [-0.2, -0.15) is 4.31 Å². The van der Waals surface area contributed by atoms with E-state index in [9.17, 15) is 13.2 Å². The van der Waals surface area contributed by atoms with Crippen molar-refractivity contribution in [2.24, 2.45) is 5.92 Å². The summed E-state index contributed by atoms with van der Waals surface area (Å²) in [6.45, 7) is 2.33. The van der Waals surface area contributed by atoms with Crippen molar-refractivity contribution >= 4 is 39.1 Å². The van der Waals surface area contributed by atoms with E-state index in [2.05, 4.69) is 5.32 Å². The molecule has 1 amide bonds. The molecule has 3 rings (SSSR count). The van der Waals surface area contributed by atoms with Crippen molar-refractivity contribution < 1.29 is 17.9 Å². The monoisotopic (exact) mass is 470 g/mol. The Morgan fingerprint density at radius 3 is 2.57 bits per heavy atom. The molecule has 0 bridgehead atoms. The van der Waals surface area contributed by atoms with Gasteiger partial charge in [-0.3, -0.25) is 4.79 Å². The first-order valence-electron chi connectivity index (χ1n) is 9.62. The molecule has 1 heterocycles. The molecule has 0 unspecified atom stereocenters. The molecule has 162 valence electrons. The van der Waals surface area contributed by atoms with Gasteiger partial charge >= 0.3 is 0 Å². The van der Waals surface area contributed by atoms with E-state index in [1.807, 2.05) is 31.2 Å². The van der Waals surface area contributed by atoms with Crippen LogP contribution in [0.15, 0.2) is 47.4 Å². The summed E-state index contributed by atoms with van der Waals surface area (Å²) in [5.41, 5.74) is 0.940. The molecule has 2 aromatic carbocycles. The topological polar surface area (TPSA) is 75.7 Å². The highest BCUT2D eigenvalue weighted by molar-refractivity contribution is 7.89. The minimum absolute atomic E-state index is 0.0377. The molecule has 2 atom stereocenters. The number of piperidine rings is 1. The largest absolute Gasteiger partial charge is 0.497 e. The van der Waals surface area contributed by atoms with Gasteiger partial charge in [-0.25, -0.2) is 8.42 Å². The predicted octanol–water partition coefficient (Wildman–Crippen LogP) is 4.28. The van der Waals surface area contributed by atoms with Gasteiger partial charge in [-0.15, -0.1) is 0 Å². The van der Waals surface area contributed by atoms with Gasteiger partial charge in [0.2, 0.25) is 15.9 Å².